The normalized spacial score (nSPS) is 10.1. The number of nitrogens with one attached hydrogen (secondary N) is 1. The van der Waals surface area contributed by atoms with Crippen LogP contribution in [-0.4, -0.2) is 9.97 Å². The van der Waals surface area contributed by atoms with E-state index in [9.17, 15) is 0 Å². The number of pyridine rings is 1. The molecule has 2 rings (SSSR count). The van der Waals surface area contributed by atoms with Gasteiger partial charge in [-0.2, -0.15) is 0 Å². The second kappa shape index (κ2) is 3.89. The fraction of sp³-hybridized carbons (Fsp3) is 0.300. The van der Waals surface area contributed by atoms with Crippen molar-refractivity contribution in [2.24, 2.45) is 0 Å². The van der Waals surface area contributed by atoms with Gasteiger partial charge in [-0.25, -0.2) is 0 Å². The third-order valence-corrected chi connectivity index (χ3v) is 2.09. The molecule has 0 aliphatic carbocycles. The van der Waals surface area contributed by atoms with E-state index in [2.05, 4.69) is 29.2 Å². The van der Waals surface area contributed by atoms with Crippen molar-refractivity contribution in [2.45, 2.75) is 20.8 Å². The first-order chi connectivity index (χ1) is 5.68. The summed E-state index contributed by atoms with van der Waals surface area (Å²) in [6.07, 6.45) is 3.06. The smallest absolute Gasteiger partial charge is 0.0227 e. The Morgan fingerprint density at radius 3 is 2.69 bits per heavy atom. The summed E-state index contributed by atoms with van der Waals surface area (Å²) in [4.78, 5) is 7.40. The monoisotopic (exact) mass is 248 g/mol. The van der Waals surface area contributed by atoms with Crippen LogP contribution >= 0.6 is 0 Å². The summed E-state index contributed by atoms with van der Waals surface area (Å²) in [6.45, 7) is 6.15. The number of rotatable bonds is 0. The molecule has 1 N–H and O–H groups in total. The van der Waals surface area contributed by atoms with Crippen molar-refractivity contribution in [1.82, 2.24) is 9.97 Å². The quantitative estimate of drug-likeness (QED) is 0.712. The van der Waals surface area contributed by atoms with Crippen molar-refractivity contribution in [3.05, 3.63) is 29.1 Å². The van der Waals surface area contributed by atoms with Crippen LogP contribution in [0.15, 0.2) is 6.07 Å². The Morgan fingerprint density at radius 2 is 2.00 bits per heavy atom. The van der Waals surface area contributed by atoms with Crippen molar-refractivity contribution < 1.29 is 32.7 Å². The molecule has 2 nitrogen and oxygen atoms in total. The summed E-state index contributed by atoms with van der Waals surface area (Å²) in [5, 5.41) is 1.21. The van der Waals surface area contributed by atoms with E-state index in [0.29, 0.717) is 0 Å². The second-order valence-corrected chi connectivity index (χ2v) is 3.18. The van der Waals surface area contributed by atoms with Crippen LogP contribution in [0, 0.1) is 27.0 Å². The van der Waals surface area contributed by atoms with E-state index < -0.39 is 0 Å². The zero-order valence-electron chi connectivity index (χ0n) is 8.10. The number of hydrogen-bond acceptors (Lipinski definition) is 1. The largest absolute Gasteiger partial charge is 0.462 e. The molecule has 2 aromatic heterocycles. The summed E-state index contributed by atoms with van der Waals surface area (Å²) < 4.78 is 0. The molecule has 0 fully saturated rings. The average Bonchev–Trinajstić information content (AvgIpc) is 2.31. The number of aromatic amines is 1. The maximum Gasteiger partial charge on any atom is 0.0227 e. The predicted octanol–water partition coefficient (Wildman–Crippen LogP) is 2.29. The van der Waals surface area contributed by atoms with Crippen LogP contribution in [0.2, 0.25) is 0 Å². The van der Waals surface area contributed by atoms with Gasteiger partial charge in [0.05, 0.1) is 0 Å². The van der Waals surface area contributed by atoms with Gasteiger partial charge in [-0.3, -0.25) is 0 Å². The Morgan fingerprint density at radius 1 is 1.31 bits per heavy atom. The number of aromatic nitrogens is 2. The molecule has 0 bridgehead atoms. The molecule has 1 radical (unpaired) electrons. The van der Waals surface area contributed by atoms with E-state index in [1.165, 1.54) is 10.9 Å². The first-order valence-corrected chi connectivity index (χ1v) is 4.02. The van der Waals surface area contributed by atoms with E-state index in [4.69, 9.17) is 0 Å². The summed E-state index contributed by atoms with van der Waals surface area (Å²) in [5.74, 6) is 0. The van der Waals surface area contributed by atoms with Crippen molar-refractivity contribution in [1.29, 1.82) is 0 Å². The van der Waals surface area contributed by atoms with Crippen LogP contribution in [-0.2, 0) is 32.7 Å². The van der Waals surface area contributed by atoms with Crippen molar-refractivity contribution in [3.63, 3.8) is 0 Å². The molecule has 13 heavy (non-hydrogen) atoms. The van der Waals surface area contributed by atoms with Gasteiger partial charge in [0, 0.05) is 38.4 Å². The first kappa shape index (κ1) is 10.9. The molecule has 0 aromatic carbocycles. The predicted molar refractivity (Wildman–Crippen MR) is 49.1 cm³/mol. The van der Waals surface area contributed by atoms with Crippen molar-refractivity contribution in [2.75, 3.05) is 0 Å². The van der Waals surface area contributed by atoms with Gasteiger partial charge < -0.3 is 9.97 Å². The van der Waals surface area contributed by atoms with Crippen molar-refractivity contribution >= 4 is 11.0 Å². The zero-order chi connectivity index (χ0) is 8.72. The summed E-state index contributed by atoms with van der Waals surface area (Å²) >= 11 is 0. The summed E-state index contributed by atoms with van der Waals surface area (Å²) in [7, 11) is 0. The zero-order valence-corrected chi connectivity index (χ0v) is 10.9. The summed E-state index contributed by atoms with van der Waals surface area (Å²) in [6, 6.07) is 2.09. The van der Waals surface area contributed by atoms with Crippen molar-refractivity contribution in [3.8, 4) is 0 Å². The maximum absolute atomic E-state index is 4.37. The Labute approximate surface area is 103 Å². The molecule has 0 amide bonds. The second-order valence-electron chi connectivity index (χ2n) is 3.18. The van der Waals surface area contributed by atoms with Gasteiger partial charge in [-0.15, -0.1) is 22.7 Å². The number of hydrogen-bond donors (Lipinski definition) is 1. The topological polar surface area (TPSA) is 28.7 Å². The van der Waals surface area contributed by atoms with Crippen LogP contribution in [0.3, 0.4) is 0 Å². The fourth-order valence-electron chi connectivity index (χ4n) is 1.62. The first-order valence-electron chi connectivity index (χ1n) is 4.02. The van der Waals surface area contributed by atoms with Gasteiger partial charge in [-0.05, 0) is 12.6 Å². The van der Waals surface area contributed by atoms with Gasteiger partial charge in [-0.1, -0.05) is 19.9 Å². The van der Waals surface area contributed by atoms with Crippen LogP contribution < -0.4 is 0 Å². The maximum atomic E-state index is 4.37. The Balaban J connectivity index is 0.000000845. The van der Waals surface area contributed by atoms with Gasteiger partial charge in [0.15, 0.2) is 0 Å². The molecule has 0 saturated carbocycles. The molecule has 3 heteroatoms. The molecule has 0 atom stereocenters. The van der Waals surface area contributed by atoms with Crippen LogP contribution in [0.4, 0.5) is 0 Å². The molecule has 65 valence electrons. The minimum atomic E-state index is 0. The molecular formula is C10H11N2Y-. The van der Waals surface area contributed by atoms with Gasteiger partial charge in [0.1, 0.15) is 0 Å². The van der Waals surface area contributed by atoms with Crippen LogP contribution in [0.5, 0.6) is 0 Å². The molecular weight excluding hydrogens is 237 g/mol. The van der Waals surface area contributed by atoms with Gasteiger partial charge >= 0.3 is 0 Å². The molecule has 2 aromatic rings. The number of aryl methyl sites for hydroxylation is 3. The van der Waals surface area contributed by atoms with Gasteiger partial charge in [0.2, 0.25) is 0 Å². The van der Waals surface area contributed by atoms with Gasteiger partial charge in [0.25, 0.3) is 0 Å². The van der Waals surface area contributed by atoms with E-state index in [0.717, 1.165) is 16.9 Å². The summed E-state index contributed by atoms with van der Waals surface area (Å²) in [5.41, 5.74) is 4.42. The van der Waals surface area contributed by atoms with E-state index >= 15 is 0 Å². The molecule has 2 heterocycles. The number of nitrogens with zero attached hydrogens (tertiary/aromatic N) is 1. The van der Waals surface area contributed by atoms with Crippen LogP contribution in [0.1, 0.15) is 16.8 Å². The number of H-pyrrole nitrogens is 1. The molecule has 0 aliphatic heterocycles. The van der Waals surface area contributed by atoms with E-state index in [1.807, 2.05) is 13.8 Å². The Hall–Kier alpha value is -0.206. The van der Waals surface area contributed by atoms with E-state index in [-0.39, 0.29) is 32.7 Å². The minimum absolute atomic E-state index is 0. The van der Waals surface area contributed by atoms with Crippen LogP contribution in [0.25, 0.3) is 11.0 Å². The molecule has 0 saturated heterocycles. The fourth-order valence-corrected chi connectivity index (χ4v) is 1.62. The molecule has 0 aliphatic rings. The molecule has 0 spiro atoms. The molecule has 0 unspecified atom stereocenters. The average molecular weight is 248 g/mol. The SMILES string of the molecule is Cc1cc(C)c2c(C)[c-][nH]c2n1.[Y]. The minimum Gasteiger partial charge on any atom is -0.462 e. The number of fused-ring (bicyclic) bond motifs is 1. The Bertz CT molecular complexity index is 432. The van der Waals surface area contributed by atoms with E-state index in [1.54, 1.807) is 0 Å². The third-order valence-electron chi connectivity index (χ3n) is 2.09. The third kappa shape index (κ3) is 1.84. The standard InChI is InChI=1S/C10H11N2.Y/c1-6-4-8(3)12-10-9(6)7(2)5-11-10;/h4H,1-3H3,(H,11,12);/q-1;. The Kier molecular flexibility index (Phi) is 3.25.